The minimum atomic E-state index is -0.979. The summed E-state index contributed by atoms with van der Waals surface area (Å²) < 4.78 is 0. The van der Waals surface area contributed by atoms with Gasteiger partial charge in [0.15, 0.2) is 0 Å². The van der Waals surface area contributed by atoms with Gasteiger partial charge < -0.3 is 5.11 Å². The van der Waals surface area contributed by atoms with Gasteiger partial charge in [0.2, 0.25) is 5.15 Å². The molecular weight excluding hydrogens is 236 g/mol. The molecule has 1 rings (SSSR count). The summed E-state index contributed by atoms with van der Waals surface area (Å²) in [5.41, 5.74) is 0.122. The Morgan fingerprint density at radius 1 is 1.69 bits per heavy atom. The van der Waals surface area contributed by atoms with Crippen LogP contribution in [0.2, 0.25) is 5.15 Å². The van der Waals surface area contributed by atoms with Gasteiger partial charge in [-0.2, -0.15) is 0 Å². The number of nitrogens with zero attached hydrogens (tertiary/aromatic N) is 2. The third kappa shape index (κ3) is 3.32. The van der Waals surface area contributed by atoms with E-state index in [-0.39, 0.29) is 17.3 Å². The summed E-state index contributed by atoms with van der Waals surface area (Å²) in [4.78, 5) is 23.7. The number of aromatic nitrogens is 1. The van der Waals surface area contributed by atoms with Crippen LogP contribution in [-0.4, -0.2) is 21.0 Å². The number of halogens is 1. The van der Waals surface area contributed by atoms with Crippen molar-refractivity contribution < 1.29 is 14.8 Å². The maximum absolute atomic E-state index is 10.5. The number of carbonyl (C=O) groups is 1. The van der Waals surface area contributed by atoms with Crippen molar-refractivity contribution in [1.82, 2.24) is 4.98 Å². The molecule has 0 aliphatic heterocycles. The topological polar surface area (TPSA) is 93.3 Å². The van der Waals surface area contributed by atoms with Gasteiger partial charge in [-0.15, -0.1) is 0 Å². The van der Waals surface area contributed by atoms with Crippen LogP contribution in [0.15, 0.2) is 18.3 Å². The number of carboxylic acid groups (broad SMARTS) is 1. The quantitative estimate of drug-likeness (QED) is 0.496. The van der Waals surface area contributed by atoms with E-state index >= 15 is 0 Å². The standard InChI is InChI=1S/C9H7ClN2O4/c10-9-7(12(15)16)4-6(5-11-9)2-1-3-8(13)14/h1-2,4-5H,3H2,(H,13,14). The van der Waals surface area contributed by atoms with Crippen molar-refractivity contribution in [3.63, 3.8) is 0 Å². The monoisotopic (exact) mass is 242 g/mol. The molecule has 0 aliphatic rings. The largest absolute Gasteiger partial charge is 0.481 e. The highest BCUT2D eigenvalue weighted by Gasteiger charge is 2.13. The fourth-order valence-corrected chi connectivity index (χ4v) is 1.14. The molecule has 1 aromatic rings. The molecule has 0 radical (unpaired) electrons. The van der Waals surface area contributed by atoms with E-state index < -0.39 is 10.9 Å². The lowest BCUT2D eigenvalue weighted by atomic mass is 10.2. The summed E-state index contributed by atoms with van der Waals surface area (Å²) in [6.45, 7) is 0. The van der Waals surface area contributed by atoms with Gasteiger partial charge in [-0.1, -0.05) is 23.8 Å². The maximum atomic E-state index is 10.5. The first kappa shape index (κ1) is 12.1. The smallest absolute Gasteiger partial charge is 0.307 e. The predicted octanol–water partition coefficient (Wildman–Crippen LogP) is 2.13. The minimum absolute atomic E-state index is 0.156. The molecule has 1 aromatic heterocycles. The van der Waals surface area contributed by atoms with Crippen molar-refractivity contribution in [2.45, 2.75) is 6.42 Å². The third-order valence-electron chi connectivity index (χ3n) is 1.64. The van der Waals surface area contributed by atoms with Crippen LogP contribution in [0.3, 0.4) is 0 Å². The van der Waals surface area contributed by atoms with Crippen LogP contribution in [-0.2, 0) is 4.79 Å². The van der Waals surface area contributed by atoms with Crippen molar-refractivity contribution >= 4 is 29.3 Å². The van der Waals surface area contributed by atoms with Gasteiger partial charge in [0.05, 0.1) is 11.3 Å². The molecule has 84 valence electrons. The van der Waals surface area contributed by atoms with Crippen molar-refractivity contribution in [1.29, 1.82) is 0 Å². The van der Waals surface area contributed by atoms with Gasteiger partial charge in [0.25, 0.3) is 0 Å². The lowest BCUT2D eigenvalue weighted by molar-refractivity contribution is -0.385. The molecule has 0 saturated carbocycles. The zero-order chi connectivity index (χ0) is 12.1. The van der Waals surface area contributed by atoms with Crippen molar-refractivity contribution in [3.05, 3.63) is 39.2 Å². The molecule has 1 N–H and O–H groups in total. The van der Waals surface area contributed by atoms with E-state index in [0.717, 1.165) is 0 Å². The molecule has 0 fully saturated rings. The SMILES string of the molecule is O=C(O)CC=Cc1cnc(Cl)c([N+](=O)[O-])c1. The van der Waals surface area contributed by atoms with Gasteiger partial charge in [0, 0.05) is 12.3 Å². The molecule has 0 aliphatic carbocycles. The molecule has 0 unspecified atom stereocenters. The number of carboxylic acids is 1. The molecule has 0 amide bonds. The Morgan fingerprint density at radius 3 is 2.94 bits per heavy atom. The average molecular weight is 243 g/mol. The molecule has 16 heavy (non-hydrogen) atoms. The highest BCUT2D eigenvalue weighted by atomic mass is 35.5. The molecule has 0 atom stereocenters. The first-order valence-corrected chi connectivity index (χ1v) is 4.57. The van der Waals surface area contributed by atoms with Crippen LogP contribution < -0.4 is 0 Å². The number of hydrogen-bond acceptors (Lipinski definition) is 4. The molecule has 0 saturated heterocycles. The second-order valence-electron chi connectivity index (χ2n) is 2.84. The lowest BCUT2D eigenvalue weighted by Crippen LogP contribution is -1.92. The summed E-state index contributed by atoms with van der Waals surface area (Å²) in [7, 11) is 0. The van der Waals surface area contributed by atoms with Crippen LogP contribution >= 0.6 is 11.6 Å². The summed E-state index contributed by atoms with van der Waals surface area (Å²) in [5.74, 6) is -0.979. The van der Waals surface area contributed by atoms with Crippen LogP contribution in [0.4, 0.5) is 5.69 Å². The fraction of sp³-hybridized carbons (Fsp3) is 0.111. The van der Waals surface area contributed by atoms with Crippen LogP contribution in [0.25, 0.3) is 6.08 Å². The van der Waals surface area contributed by atoms with Crippen molar-refractivity contribution in [3.8, 4) is 0 Å². The van der Waals surface area contributed by atoms with Crippen LogP contribution in [0.1, 0.15) is 12.0 Å². The second-order valence-corrected chi connectivity index (χ2v) is 3.19. The number of rotatable bonds is 4. The van der Waals surface area contributed by atoms with E-state index in [1.807, 2.05) is 0 Å². The van der Waals surface area contributed by atoms with E-state index in [1.165, 1.54) is 24.4 Å². The lowest BCUT2D eigenvalue weighted by Gasteiger charge is -1.96. The van der Waals surface area contributed by atoms with E-state index in [0.29, 0.717) is 5.56 Å². The summed E-state index contributed by atoms with van der Waals surface area (Å²) >= 11 is 5.50. The van der Waals surface area contributed by atoms with Gasteiger partial charge in [0.1, 0.15) is 0 Å². The molecule has 0 aromatic carbocycles. The molecule has 6 nitrogen and oxygen atoms in total. The van der Waals surface area contributed by atoms with Crippen LogP contribution in [0, 0.1) is 10.1 Å². The van der Waals surface area contributed by atoms with E-state index in [2.05, 4.69) is 4.98 Å². The molecule has 7 heteroatoms. The number of pyridine rings is 1. The average Bonchev–Trinajstić information content (AvgIpc) is 2.19. The van der Waals surface area contributed by atoms with Gasteiger partial charge >= 0.3 is 11.7 Å². The van der Waals surface area contributed by atoms with Gasteiger partial charge in [-0.3, -0.25) is 14.9 Å². The maximum Gasteiger partial charge on any atom is 0.307 e. The summed E-state index contributed by atoms with van der Waals surface area (Å²) in [5, 5.41) is 18.7. The third-order valence-corrected chi connectivity index (χ3v) is 1.93. The van der Waals surface area contributed by atoms with Crippen molar-refractivity contribution in [2.75, 3.05) is 0 Å². The highest BCUT2D eigenvalue weighted by Crippen LogP contribution is 2.22. The second kappa shape index (κ2) is 5.22. The van der Waals surface area contributed by atoms with E-state index in [1.54, 1.807) is 0 Å². The fourth-order valence-electron chi connectivity index (χ4n) is 0.967. The molecule has 1 heterocycles. The summed E-state index contributed by atoms with van der Waals surface area (Å²) in [6, 6.07) is 1.23. The Hall–Kier alpha value is -1.95. The molecule has 0 bridgehead atoms. The first-order valence-electron chi connectivity index (χ1n) is 4.19. The Labute approximate surface area is 95.3 Å². The minimum Gasteiger partial charge on any atom is -0.481 e. The van der Waals surface area contributed by atoms with Crippen molar-refractivity contribution in [2.24, 2.45) is 0 Å². The zero-order valence-electron chi connectivity index (χ0n) is 7.96. The Kier molecular flexibility index (Phi) is 3.96. The highest BCUT2D eigenvalue weighted by molar-refractivity contribution is 6.31. The molecule has 0 spiro atoms. The van der Waals surface area contributed by atoms with Gasteiger partial charge in [-0.25, -0.2) is 4.98 Å². The number of nitro groups is 1. The van der Waals surface area contributed by atoms with E-state index in [9.17, 15) is 14.9 Å². The zero-order valence-corrected chi connectivity index (χ0v) is 8.72. The summed E-state index contributed by atoms with van der Waals surface area (Å²) in [6.07, 6.45) is 3.98. The number of hydrogen-bond donors (Lipinski definition) is 1. The van der Waals surface area contributed by atoms with E-state index in [4.69, 9.17) is 16.7 Å². The predicted molar refractivity (Wildman–Crippen MR) is 57.2 cm³/mol. The first-order chi connectivity index (χ1) is 7.50. The van der Waals surface area contributed by atoms with Gasteiger partial charge in [-0.05, 0) is 5.56 Å². The normalized spacial score (nSPS) is 10.6. The number of aliphatic carboxylic acids is 1. The Morgan fingerprint density at radius 2 is 2.38 bits per heavy atom. The Balaban J connectivity index is 2.91. The van der Waals surface area contributed by atoms with Crippen LogP contribution in [0.5, 0.6) is 0 Å². The molecular formula is C9H7ClN2O4. The Bertz CT molecular complexity index is 459.